The molecule has 2 aromatic carbocycles. The average molecular weight is 303 g/mol. The molecule has 1 aliphatic carbocycles. The number of aromatic nitrogens is 2. The monoisotopic (exact) mass is 303 g/mol. The molecule has 3 aromatic rings. The van der Waals surface area contributed by atoms with Crippen molar-refractivity contribution in [3.05, 3.63) is 83.7 Å². The SMILES string of the molecule is O=C(NC1CCc2ccccc21)c1ccc(-n2cccn2)cc1. The smallest absolute Gasteiger partial charge is 0.251 e. The fourth-order valence-electron chi connectivity index (χ4n) is 3.14. The van der Waals surface area contributed by atoms with Crippen LogP contribution in [0.15, 0.2) is 67.0 Å². The molecule has 1 N–H and O–H groups in total. The summed E-state index contributed by atoms with van der Waals surface area (Å²) in [7, 11) is 0. The van der Waals surface area contributed by atoms with Crippen molar-refractivity contribution in [3.63, 3.8) is 0 Å². The van der Waals surface area contributed by atoms with Crippen molar-refractivity contribution in [3.8, 4) is 5.69 Å². The third-order valence-electron chi connectivity index (χ3n) is 4.34. The Hall–Kier alpha value is -2.88. The highest BCUT2D eigenvalue weighted by atomic mass is 16.1. The quantitative estimate of drug-likeness (QED) is 0.807. The highest BCUT2D eigenvalue weighted by molar-refractivity contribution is 5.94. The lowest BCUT2D eigenvalue weighted by atomic mass is 10.1. The van der Waals surface area contributed by atoms with Crippen LogP contribution in [0.25, 0.3) is 5.69 Å². The second-order valence-electron chi connectivity index (χ2n) is 5.76. The molecule has 4 rings (SSSR count). The van der Waals surface area contributed by atoms with E-state index in [0.29, 0.717) is 5.56 Å². The molecular formula is C19H17N3O. The van der Waals surface area contributed by atoms with Crippen LogP contribution >= 0.6 is 0 Å². The van der Waals surface area contributed by atoms with Crippen LogP contribution < -0.4 is 5.32 Å². The molecule has 0 radical (unpaired) electrons. The zero-order valence-corrected chi connectivity index (χ0v) is 12.6. The van der Waals surface area contributed by atoms with Crippen LogP contribution in [0.2, 0.25) is 0 Å². The van der Waals surface area contributed by atoms with Crippen LogP contribution in [0, 0.1) is 0 Å². The van der Waals surface area contributed by atoms with E-state index in [1.54, 1.807) is 10.9 Å². The molecule has 4 nitrogen and oxygen atoms in total. The van der Waals surface area contributed by atoms with Crippen molar-refractivity contribution in [1.29, 1.82) is 0 Å². The Kier molecular flexibility index (Phi) is 3.42. The molecular weight excluding hydrogens is 286 g/mol. The third-order valence-corrected chi connectivity index (χ3v) is 4.34. The van der Waals surface area contributed by atoms with Gasteiger partial charge in [0.1, 0.15) is 0 Å². The number of amides is 1. The highest BCUT2D eigenvalue weighted by Gasteiger charge is 2.23. The van der Waals surface area contributed by atoms with Crippen molar-refractivity contribution in [2.24, 2.45) is 0 Å². The van der Waals surface area contributed by atoms with Gasteiger partial charge in [-0.2, -0.15) is 5.10 Å². The van der Waals surface area contributed by atoms with Crippen LogP contribution in [-0.2, 0) is 6.42 Å². The van der Waals surface area contributed by atoms with Crippen LogP contribution in [0.4, 0.5) is 0 Å². The van der Waals surface area contributed by atoms with Gasteiger partial charge in [0.15, 0.2) is 0 Å². The molecule has 0 saturated heterocycles. The Labute approximate surface area is 134 Å². The third kappa shape index (κ3) is 2.63. The molecule has 1 aliphatic rings. The van der Waals surface area contributed by atoms with Crippen molar-refractivity contribution >= 4 is 5.91 Å². The number of fused-ring (bicyclic) bond motifs is 1. The Morgan fingerprint density at radius 3 is 2.70 bits per heavy atom. The Balaban J connectivity index is 1.50. The molecule has 0 saturated carbocycles. The maximum atomic E-state index is 12.5. The standard InChI is InChI=1S/C19H17N3O/c23-19(21-18-11-8-14-4-1-2-5-17(14)18)15-6-9-16(10-7-15)22-13-3-12-20-22/h1-7,9-10,12-13,18H,8,11H2,(H,21,23). The summed E-state index contributed by atoms with van der Waals surface area (Å²) in [6.45, 7) is 0. The van der Waals surface area contributed by atoms with Crippen molar-refractivity contribution < 1.29 is 4.79 Å². The molecule has 0 aliphatic heterocycles. The van der Waals surface area contributed by atoms with Gasteiger partial charge >= 0.3 is 0 Å². The van der Waals surface area contributed by atoms with Gasteiger partial charge in [-0.1, -0.05) is 24.3 Å². The van der Waals surface area contributed by atoms with E-state index in [-0.39, 0.29) is 11.9 Å². The van der Waals surface area contributed by atoms with Crippen LogP contribution in [0.1, 0.15) is 33.9 Å². The molecule has 0 bridgehead atoms. The van der Waals surface area contributed by atoms with Gasteiger partial charge in [0.25, 0.3) is 5.91 Å². The summed E-state index contributed by atoms with van der Waals surface area (Å²) in [6, 6.07) is 17.8. The van der Waals surface area contributed by atoms with E-state index in [2.05, 4.69) is 28.6 Å². The number of hydrogen-bond acceptors (Lipinski definition) is 2. The average Bonchev–Trinajstić information content (AvgIpc) is 3.25. The molecule has 1 amide bonds. The molecule has 0 spiro atoms. The number of benzene rings is 2. The minimum atomic E-state index is -0.0290. The van der Waals surface area contributed by atoms with Crippen LogP contribution in [-0.4, -0.2) is 15.7 Å². The van der Waals surface area contributed by atoms with E-state index in [1.165, 1.54) is 11.1 Å². The van der Waals surface area contributed by atoms with E-state index in [9.17, 15) is 4.79 Å². The predicted octanol–water partition coefficient (Wildman–Crippen LogP) is 3.29. The summed E-state index contributed by atoms with van der Waals surface area (Å²) in [5.41, 5.74) is 4.20. The Bertz CT molecular complexity index is 822. The number of carbonyl (C=O) groups excluding carboxylic acids is 1. The van der Waals surface area contributed by atoms with E-state index < -0.39 is 0 Å². The number of hydrogen-bond donors (Lipinski definition) is 1. The van der Waals surface area contributed by atoms with Gasteiger partial charge in [-0.05, 0) is 54.3 Å². The second kappa shape index (κ2) is 5.72. The number of nitrogens with one attached hydrogen (secondary N) is 1. The predicted molar refractivity (Wildman–Crippen MR) is 88.5 cm³/mol. The highest BCUT2D eigenvalue weighted by Crippen LogP contribution is 2.30. The van der Waals surface area contributed by atoms with E-state index in [4.69, 9.17) is 0 Å². The molecule has 1 atom stereocenters. The second-order valence-corrected chi connectivity index (χ2v) is 5.76. The fraction of sp³-hybridized carbons (Fsp3) is 0.158. The van der Waals surface area contributed by atoms with Crippen LogP contribution in [0.5, 0.6) is 0 Å². The summed E-state index contributed by atoms with van der Waals surface area (Å²) < 4.78 is 1.77. The Morgan fingerprint density at radius 1 is 1.09 bits per heavy atom. The lowest BCUT2D eigenvalue weighted by Crippen LogP contribution is -2.27. The van der Waals surface area contributed by atoms with E-state index in [1.807, 2.05) is 42.6 Å². The van der Waals surface area contributed by atoms with Gasteiger partial charge < -0.3 is 5.32 Å². The lowest BCUT2D eigenvalue weighted by molar-refractivity contribution is 0.0936. The van der Waals surface area contributed by atoms with Crippen molar-refractivity contribution in [2.75, 3.05) is 0 Å². The normalized spacial score (nSPS) is 16.1. The molecule has 0 fully saturated rings. The van der Waals surface area contributed by atoms with Crippen LogP contribution in [0.3, 0.4) is 0 Å². The lowest BCUT2D eigenvalue weighted by Gasteiger charge is -2.14. The van der Waals surface area contributed by atoms with E-state index >= 15 is 0 Å². The largest absolute Gasteiger partial charge is 0.345 e. The molecule has 114 valence electrons. The minimum Gasteiger partial charge on any atom is -0.345 e. The number of nitrogens with zero attached hydrogens (tertiary/aromatic N) is 2. The van der Waals surface area contributed by atoms with Gasteiger partial charge in [0.2, 0.25) is 0 Å². The number of carbonyl (C=O) groups is 1. The summed E-state index contributed by atoms with van der Waals surface area (Å²) in [5.74, 6) is -0.0290. The summed E-state index contributed by atoms with van der Waals surface area (Å²) >= 11 is 0. The minimum absolute atomic E-state index is 0.0290. The topological polar surface area (TPSA) is 46.9 Å². The first-order chi connectivity index (χ1) is 11.3. The number of rotatable bonds is 3. The molecule has 1 aromatic heterocycles. The zero-order chi connectivity index (χ0) is 15.6. The van der Waals surface area contributed by atoms with Gasteiger partial charge in [0.05, 0.1) is 11.7 Å². The summed E-state index contributed by atoms with van der Waals surface area (Å²) in [6.07, 6.45) is 5.61. The Morgan fingerprint density at radius 2 is 1.91 bits per heavy atom. The van der Waals surface area contributed by atoms with Gasteiger partial charge in [0, 0.05) is 18.0 Å². The zero-order valence-electron chi connectivity index (χ0n) is 12.6. The molecule has 1 unspecified atom stereocenters. The molecule has 1 heterocycles. The summed E-state index contributed by atoms with van der Waals surface area (Å²) in [4.78, 5) is 12.5. The first-order valence-corrected chi connectivity index (χ1v) is 7.80. The van der Waals surface area contributed by atoms with Gasteiger partial charge in [-0.25, -0.2) is 4.68 Å². The molecule has 4 heteroatoms. The molecule has 23 heavy (non-hydrogen) atoms. The summed E-state index contributed by atoms with van der Waals surface area (Å²) in [5, 5.41) is 7.33. The van der Waals surface area contributed by atoms with E-state index in [0.717, 1.165) is 18.5 Å². The van der Waals surface area contributed by atoms with Gasteiger partial charge in [-0.15, -0.1) is 0 Å². The number of aryl methyl sites for hydroxylation is 1. The maximum Gasteiger partial charge on any atom is 0.251 e. The first-order valence-electron chi connectivity index (χ1n) is 7.80. The van der Waals surface area contributed by atoms with Gasteiger partial charge in [-0.3, -0.25) is 4.79 Å². The van der Waals surface area contributed by atoms with Crippen molar-refractivity contribution in [2.45, 2.75) is 18.9 Å². The fourth-order valence-corrected chi connectivity index (χ4v) is 3.14. The van der Waals surface area contributed by atoms with Crippen molar-refractivity contribution in [1.82, 2.24) is 15.1 Å². The maximum absolute atomic E-state index is 12.5. The first kappa shape index (κ1) is 13.8.